The quantitative estimate of drug-likeness (QED) is 0.455. The summed E-state index contributed by atoms with van der Waals surface area (Å²) in [7, 11) is 0. The van der Waals surface area contributed by atoms with Crippen LogP contribution in [0.1, 0.15) is 0 Å². The fourth-order valence-electron chi connectivity index (χ4n) is 2.93. The van der Waals surface area contributed by atoms with Gasteiger partial charge in [-0.1, -0.05) is 36.4 Å². The van der Waals surface area contributed by atoms with Gasteiger partial charge in [-0.15, -0.1) is 0 Å². The van der Waals surface area contributed by atoms with E-state index in [4.69, 9.17) is 0 Å². The van der Waals surface area contributed by atoms with Gasteiger partial charge in [0.2, 0.25) is 0 Å². The molecule has 2 heteroatoms. The van der Waals surface area contributed by atoms with Crippen LogP contribution in [0.5, 0.6) is 11.5 Å². The first-order chi connectivity index (χ1) is 9.74. The Balaban J connectivity index is 2.40. The maximum Gasteiger partial charge on any atom is 0.116 e. The summed E-state index contributed by atoms with van der Waals surface area (Å²) in [6.45, 7) is 0. The Hall–Kier alpha value is -2.74. The minimum atomic E-state index is 0.252. The molecule has 2 N–H and O–H groups in total. The lowest BCUT2D eigenvalue weighted by Gasteiger charge is -2.10. The van der Waals surface area contributed by atoms with Crippen molar-refractivity contribution in [3.8, 4) is 11.5 Å². The highest BCUT2D eigenvalue weighted by molar-refractivity contribution is 6.25. The summed E-state index contributed by atoms with van der Waals surface area (Å²) in [5, 5.41) is 25.9. The maximum atomic E-state index is 9.77. The molecule has 4 aromatic rings. The van der Waals surface area contributed by atoms with Crippen molar-refractivity contribution in [1.82, 2.24) is 0 Å². The zero-order chi connectivity index (χ0) is 13.7. The van der Waals surface area contributed by atoms with E-state index in [9.17, 15) is 10.2 Å². The molecule has 0 radical (unpaired) electrons. The summed E-state index contributed by atoms with van der Waals surface area (Å²) >= 11 is 0. The molecule has 0 aliphatic rings. The van der Waals surface area contributed by atoms with Crippen LogP contribution in [0.2, 0.25) is 0 Å². The summed E-state index contributed by atoms with van der Waals surface area (Å²) in [6.07, 6.45) is 0. The Kier molecular flexibility index (Phi) is 2.15. The Morgan fingerprint density at radius 3 is 1.40 bits per heavy atom. The third-order valence-corrected chi connectivity index (χ3v) is 3.80. The monoisotopic (exact) mass is 260 g/mol. The normalized spacial score (nSPS) is 11.4. The van der Waals surface area contributed by atoms with Crippen molar-refractivity contribution in [2.24, 2.45) is 0 Å². The van der Waals surface area contributed by atoms with Crippen molar-refractivity contribution in [2.45, 2.75) is 0 Å². The van der Waals surface area contributed by atoms with Crippen molar-refractivity contribution in [2.75, 3.05) is 0 Å². The van der Waals surface area contributed by atoms with Gasteiger partial charge < -0.3 is 10.2 Å². The summed E-state index contributed by atoms with van der Waals surface area (Å²) in [5.74, 6) is 0.504. The first kappa shape index (κ1) is 11.1. The van der Waals surface area contributed by atoms with Gasteiger partial charge in [0.15, 0.2) is 0 Å². The highest BCUT2D eigenvalue weighted by Gasteiger charge is 2.09. The van der Waals surface area contributed by atoms with Crippen molar-refractivity contribution in [1.29, 1.82) is 0 Å². The minimum Gasteiger partial charge on any atom is -0.508 e. The molecule has 0 atom stereocenters. The first-order valence-electron chi connectivity index (χ1n) is 6.50. The Morgan fingerprint density at radius 1 is 0.450 bits per heavy atom. The van der Waals surface area contributed by atoms with Crippen molar-refractivity contribution < 1.29 is 10.2 Å². The number of hydrogen-bond donors (Lipinski definition) is 2. The minimum absolute atomic E-state index is 0.252. The van der Waals surface area contributed by atoms with E-state index in [1.165, 1.54) is 0 Å². The van der Waals surface area contributed by atoms with Crippen LogP contribution >= 0.6 is 0 Å². The Bertz CT molecular complexity index is 933. The standard InChI is InChI=1S/C18H12O2/c19-11-5-7-15-13-3-1-2-4-14(13)17-9-12(20)6-8-16(17)18(15)10-11/h1-10,19-20H. The molecular weight excluding hydrogens is 248 g/mol. The molecule has 0 amide bonds. The number of rotatable bonds is 0. The van der Waals surface area contributed by atoms with Crippen LogP contribution < -0.4 is 0 Å². The molecule has 0 unspecified atom stereocenters. The average molecular weight is 260 g/mol. The largest absolute Gasteiger partial charge is 0.508 e. The summed E-state index contributed by atoms with van der Waals surface area (Å²) in [4.78, 5) is 0. The second kappa shape index (κ2) is 3.87. The van der Waals surface area contributed by atoms with E-state index in [0.717, 1.165) is 32.3 Å². The van der Waals surface area contributed by atoms with Gasteiger partial charge in [-0.25, -0.2) is 0 Å². The summed E-state index contributed by atoms with van der Waals surface area (Å²) in [5.41, 5.74) is 0. The van der Waals surface area contributed by atoms with Crippen LogP contribution in [0.4, 0.5) is 0 Å². The number of phenols is 2. The average Bonchev–Trinajstić information content (AvgIpc) is 2.47. The molecule has 0 fully saturated rings. The van der Waals surface area contributed by atoms with E-state index in [-0.39, 0.29) is 11.5 Å². The second-order valence-electron chi connectivity index (χ2n) is 5.01. The smallest absolute Gasteiger partial charge is 0.116 e. The molecule has 0 aromatic heterocycles. The summed E-state index contributed by atoms with van der Waals surface area (Å²) < 4.78 is 0. The molecule has 0 saturated heterocycles. The van der Waals surface area contributed by atoms with Crippen molar-refractivity contribution >= 4 is 32.3 Å². The van der Waals surface area contributed by atoms with Crippen LogP contribution in [0.15, 0.2) is 60.7 Å². The Labute approximate surface area is 115 Å². The van der Waals surface area contributed by atoms with Crippen molar-refractivity contribution in [3.05, 3.63) is 60.7 Å². The fourth-order valence-corrected chi connectivity index (χ4v) is 2.93. The van der Waals surface area contributed by atoms with E-state index in [2.05, 4.69) is 12.1 Å². The molecule has 0 aliphatic heterocycles. The van der Waals surface area contributed by atoms with Gasteiger partial charge in [0.1, 0.15) is 11.5 Å². The maximum absolute atomic E-state index is 9.77. The highest BCUT2D eigenvalue weighted by Crippen LogP contribution is 2.37. The first-order valence-corrected chi connectivity index (χ1v) is 6.50. The third kappa shape index (κ3) is 1.45. The third-order valence-electron chi connectivity index (χ3n) is 3.80. The molecule has 20 heavy (non-hydrogen) atoms. The lowest BCUT2D eigenvalue weighted by atomic mass is 9.94. The second-order valence-corrected chi connectivity index (χ2v) is 5.01. The molecule has 96 valence electrons. The van der Waals surface area contributed by atoms with E-state index < -0.39 is 0 Å². The number of aromatic hydroxyl groups is 2. The van der Waals surface area contributed by atoms with E-state index in [1.54, 1.807) is 24.3 Å². The van der Waals surface area contributed by atoms with Gasteiger partial charge in [-0.3, -0.25) is 0 Å². The zero-order valence-corrected chi connectivity index (χ0v) is 10.7. The SMILES string of the molecule is Oc1ccc2c(c1)c1ccccc1c1ccc(O)cc12. The van der Waals surface area contributed by atoms with Crippen LogP contribution in [0.3, 0.4) is 0 Å². The van der Waals surface area contributed by atoms with E-state index in [0.29, 0.717) is 0 Å². The number of benzene rings is 4. The fraction of sp³-hybridized carbons (Fsp3) is 0. The number of phenolic OH excluding ortho intramolecular Hbond substituents is 2. The molecule has 0 saturated carbocycles. The van der Waals surface area contributed by atoms with Gasteiger partial charge >= 0.3 is 0 Å². The predicted molar refractivity (Wildman–Crippen MR) is 82.3 cm³/mol. The number of fused-ring (bicyclic) bond motifs is 6. The lowest BCUT2D eigenvalue weighted by Crippen LogP contribution is -1.83. The topological polar surface area (TPSA) is 40.5 Å². The molecule has 0 bridgehead atoms. The molecule has 4 aromatic carbocycles. The summed E-state index contributed by atoms with van der Waals surface area (Å²) in [6, 6.07) is 18.9. The molecule has 0 heterocycles. The molecule has 0 spiro atoms. The molecule has 2 nitrogen and oxygen atoms in total. The number of hydrogen-bond acceptors (Lipinski definition) is 2. The van der Waals surface area contributed by atoms with E-state index >= 15 is 0 Å². The molecule has 0 aliphatic carbocycles. The van der Waals surface area contributed by atoms with Gasteiger partial charge in [0.25, 0.3) is 0 Å². The van der Waals surface area contributed by atoms with Gasteiger partial charge in [0.05, 0.1) is 0 Å². The molecule has 4 rings (SSSR count). The van der Waals surface area contributed by atoms with Crippen LogP contribution in [0.25, 0.3) is 32.3 Å². The predicted octanol–water partition coefficient (Wildman–Crippen LogP) is 4.56. The van der Waals surface area contributed by atoms with Gasteiger partial charge in [-0.2, -0.15) is 0 Å². The van der Waals surface area contributed by atoms with Gasteiger partial charge in [0, 0.05) is 0 Å². The highest BCUT2D eigenvalue weighted by atomic mass is 16.3. The van der Waals surface area contributed by atoms with E-state index in [1.807, 2.05) is 24.3 Å². The van der Waals surface area contributed by atoms with Crippen molar-refractivity contribution in [3.63, 3.8) is 0 Å². The lowest BCUT2D eigenvalue weighted by molar-refractivity contribution is 0.476. The molecular formula is C18H12O2. The Morgan fingerprint density at radius 2 is 0.850 bits per heavy atom. The van der Waals surface area contributed by atoms with Crippen LogP contribution in [-0.4, -0.2) is 10.2 Å². The van der Waals surface area contributed by atoms with Crippen LogP contribution in [-0.2, 0) is 0 Å². The van der Waals surface area contributed by atoms with Crippen LogP contribution in [0, 0.1) is 0 Å². The van der Waals surface area contributed by atoms with Gasteiger partial charge in [-0.05, 0) is 56.6 Å². The zero-order valence-electron chi connectivity index (χ0n) is 10.7.